The quantitative estimate of drug-likeness (QED) is 0.264. The van der Waals surface area contributed by atoms with Crippen LogP contribution in [0.4, 0.5) is 0 Å². The number of carbonyl (C=O) groups is 4. The number of amides is 4. The van der Waals surface area contributed by atoms with Gasteiger partial charge in [0.1, 0.15) is 28.2 Å². The Kier molecular flexibility index (Phi) is 15.5. The van der Waals surface area contributed by atoms with Crippen LogP contribution in [-0.2, 0) is 16.1 Å². The Hall–Kier alpha value is -4.40. The van der Waals surface area contributed by atoms with E-state index in [1.165, 1.54) is 30.5 Å². The number of fused-ring (bicyclic) bond motifs is 3. The van der Waals surface area contributed by atoms with Crippen LogP contribution in [0, 0.1) is 11.8 Å². The lowest BCUT2D eigenvalue weighted by Crippen LogP contribution is -2.52. The van der Waals surface area contributed by atoms with Crippen molar-refractivity contribution in [3.05, 3.63) is 63.6 Å². The first-order valence-electron chi connectivity index (χ1n) is 16.8. The van der Waals surface area contributed by atoms with Crippen LogP contribution < -0.4 is 35.9 Å². The second-order valence-corrected chi connectivity index (χ2v) is 13.8. The van der Waals surface area contributed by atoms with Crippen molar-refractivity contribution in [3.63, 3.8) is 0 Å². The molecular formula is C36H49ClN6O7S. The zero-order chi connectivity index (χ0) is 36.4. The molecule has 2 bridgehead atoms. The number of thiazole rings is 1. The molecule has 51 heavy (non-hydrogen) atoms. The first kappa shape index (κ1) is 41.0. The number of hydrogen-bond donors (Lipinski definition) is 4. The molecule has 0 radical (unpaired) electrons. The van der Waals surface area contributed by atoms with Crippen molar-refractivity contribution in [1.29, 1.82) is 0 Å². The highest BCUT2D eigenvalue weighted by atomic mass is 35.5. The van der Waals surface area contributed by atoms with Crippen LogP contribution in [0.25, 0.3) is 0 Å². The average Bonchev–Trinajstić information content (AvgIpc) is 3.58. The number of nitrogens with zero attached hydrogens (tertiary/aromatic N) is 2. The van der Waals surface area contributed by atoms with Crippen LogP contribution in [0.3, 0.4) is 0 Å². The minimum atomic E-state index is -0.893. The molecule has 2 heterocycles. The smallest absolute Gasteiger partial charge is 0.273 e. The molecule has 3 aromatic rings. The van der Waals surface area contributed by atoms with Crippen molar-refractivity contribution >= 4 is 47.4 Å². The third-order valence-corrected chi connectivity index (χ3v) is 9.18. The SMILES string of the molecule is COc1ccc2cc1Oc1cccc(OC)c1CNC(=O)C(C(C)C)NC(=O)CN(C(=O)c1csc([C@@H](N)CC(C)C)n1)CCCCNC2=O.Cl. The Balaban J connectivity index is 0.00000702. The lowest BCUT2D eigenvalue weighted by molar-refractivity contribution is -0.130. The molecule has 0 saturated heterocycles. The maximum Gasteiger partial charge on any atom is 0.273 e. The third-order valence-electron chi connectivity index (χ3n) is 8.21. The molecule has 0 fully saturated rings. The van der Waals surface area contributed by atoms with Crippen molar-refractivity contribution in [3.8, 4) is 23.0 Å². The van der Waals surface area contributed by atoms with Crippen LogP contribution >= 0.6 is 23.7 Å². The number of halogens is 1. The van der Waals surface area contributed by atoms with Crippen molar-refractivity contribution in [2.75, 3.05) is 33.9 Å². The van der Waals surface area contributed by atoms with Gasteiger partial charge in [-0.3, -0.25) is 19.2 Å². The number of benzene rings is 2. The predicted molar refractivity (Wildman–Crippen MR) is 198 cm³/mol. The summed E-state index contributed by atoms with van der Waals surface area (Å²) in [6.07, 6.45) is 1.75. The minimum Gasteiger partial charge on any atom is -0.496 e. The summed E-state index contributed by atoms with van der Waals surface area (Å²) >= 11 is 1.32. The molecule has 2 aromatic carbocycles. The van der Waals surface area contributed by atoms with Gasteiger partial charge in [-0.05, 0) is 61.4 Å². The van der Waals surface area contributed by atoms with Crippen molar-refractivity contribution in [1.82, 2.24) is 25.8 Å². The second kappa shape index (κ2) is 19.3. The van der Waals surface area contributed by atoms with E-state index in [2.05, 4.69) is 34.8 Å². The maximum atomic E-state index is 13.7. The molecule has 13 nitrogen and oxygen atoms in total. The van der Waals surface area contributed by atoms with E-state index in [0.29, 0.717) is 64.4 Å². The zero-order valence-electron chi connectivity index (χ0n) is 29.9. The largest absolute Gasteiger partial charge is 0.496 e. The van der Waals surface area contributed by atoms with E-state index < -0.39 is 23.8 Å². The Labute approximate surface area is 309 Å². The molecule has 2 atom stereocenters. The number of ether oxygens (including phenoxy) is 3. The molecule has 1 aliphatic rings. The maximum absolute atomic E-state index is 13.7. The highest BCUT2D eigenvalue weighted by molar-refractivity contribution is 7.09. The first-order valence-corrected chi connectivity index (χ1v) is 17.7. The lowest BCUT2D eigenvalue weighted by Gasteiger charge is -2.26. The van der Waals surface area contributed by atoms with E-state index in [-0.39, 0.29) is 55.6 Å². The van der Waals surface area contributed by atoms with E-state index in [1.54, 1.807) is 41.8 Å². The van der Waals surface area contributed by atoms with E-state index in [4.69, 9.17) is 19.9 Å². The fourth-order valence-electron chi connectivity index (χ4n) is 5.55. The van der Waals surface area contributed by atoms with Gasteiger partial charge >= 0.3 is 0 Å². The van der Waals surface area contributed by atoms with E-state index >= 15 is 0 Å². The van der Waals surface area contributed by atoms with Crippen molar-refractivity contribution in [2.24, 2.45) is 17.6 Å². The van der Waals surface area contributed by atoms with E-state index in [0.717, 1.165) is 6.42 Å². The zero-order valence-corrected chi connectivity index (χ0v) is 31.6. The number of methoxy groups -OCH3 is 2. The molecule has 5 N–H and O–H groups in total. The van der Waals surface area contributed by atoms with Gasteiger partial charge in [0.15, 0.2) is 11.5 Å². The summed E-state index contributed by atoms with van der Waals surface area (Å²) < 4.78 is 17.4. The normalized spacial score (nSPS) is 16.8. The third kappa shape index (κ3) is 11.0. The average molecular weight is 745 g/mol. The molecule has 4 rings (SSSR count). The summed E-state index contributed by atoms with van der Waals surface area (Å²) in [5, 5.41) is 11.0. The summed E-state index contributed by atoms with van der Waals surface area (Å²) in [6, 6.07) is 8.90. The molecule has 0 spiro atoms. The van der Waals surface area contributed by atoms with Gasteiger partial charge < -0.3 is 40.8 Å². The molecular weight excluding hydrogens is 696 g/mol. The fourth-order valence-corrected chi connectivity index (χ4v) is 6.35. The van der Waals surface area contributed by atoms with Crippen LogP contribution in [0.15, 0.2) is 41.8 Å². The Morgan fingerprint density at radius 2 is 1.78 bits per heavy atom. The molecule has 1 aromatic heterocycles. The van der Waals surface area contributed by atoms with Crippen LogP contribution in [0.2, 0.25) is 0 Å². The summed E-state index contributed by atoms with van der Waals surface area (Å²) in [6.45, 7) is 8.07. The first-order chi connectivity index (χ1) is 23.9. The fraction of sp³-hybridized carbons (Fsp3) is 0.472. The summed E-state index contributed by atoms with van der Waals surface area (Å²) in [5.74, 6) is 0.00134. The Bertz CT molecular complexity index is 1670. The van der Waals surface area contributed by atoms with E-state index in [1.807, 2.05) is 13.8 Å². The highest BCUT2D eigenvalue weighted by Gasteiger charge is 2.28. The van der Waals surface area contributed by atoms with Gasteiger partial charge in [-0.15, -0.1) is 23.7 Å². The van der Waals surface area contributed by atoms with Crippen LogP contribution in [0.5, 0.6) is 23.0 Å². The number of nitrogens with one attached hydrogen (secondary N) is 3. The number of hydrogen-bond acceptors (Lipinski definition) is 10. The lowest BCUT2D eigenvalue weighted by atomic mass is 10.0. The van der Waals surface area contributed by atoms with Gasteiger partial charge in [-0.1, -0.05) is 33.8 Å². The van der Waals surface area contributed by atoms with Crippen molar-refractivity contribution < 1.29 is 33.4 Å². The van der Waals surface area contributed by atoms with Crippen LogP contribution in [0.1, 0.15) is 84.4 Å². The molecule has 0 aliphatic carbocycles. The molecule has 15 heteroatoms. The summed E-state index contributed by atoms with van der Waals surface area (Å²) in [7, 11) is 3.01. The molecule has 4 amide bonds. The molecule has 1 unspecified atom stereocenters. The molecule has 0 saturated carbocycles. The molecule has 1 aliphatic heterocycles. The van der Waals surface area contributed by atoms with Gasteiger partial charge in [-0.25, -0.2) is 4.98 Å². The predicted octanol–water partition coefficient (Wildman–Crippen LogP) is 4.84. The standard InChI is InChI=1S/C36H48N6O7S.ClH/c1-21(2)16-25(37)35-40-26(20-50-35)36(46)42-15-8-7-14-38-33(44)23-12-13-29(48-6)30(17-23)49-28-11-9-10-27(47-5)24(28)18-39-34(45)32(22(3)4)41-31(43)19-42;/h9-13,17,20-22,25,32H,7-8,14-16,18-19,37H2,1-6H3,(H,38,44)(H,39,45)(H,41,43);1H/t25-,32?;/m0./s1. The second-order valence-electron chi connectivity index (χ2n) is 12.9. The van der Waals surface area contributed by atoms with Gasteiger partial charge in [-0.2, -0.15) is 0 Å². The number of rotatable bonds is 7. The monoisotopic (exact) mass is 744 g/mol. The Morgan fingerprint density at radius 1 is 1.04 bits per heavy atom. The number of carbonyl (C=O) groups excluding carboxylic acids is 4. The van der Waals surface area contributed by atoms with Crippen LogP contribution in [-0.4, -0.2) is 73.4 Å². The number of nitrogens with two attached hydrogens (primary N) is 1. The number of aromatic nitrogens is 1. The van der Waals surface area contributed by atoms with Gasteiger partial charge in [0, 0.05) is 24.0 Å². The summed E-state index contributed by atoms with van der Waals surface area (Å²) in [4.78, 5) is 59.8. The molecule has 278 valence electrons. The van der Waals surface area contributed by atoms with E-state index in [9.17, 15) is 19.2 Å². The summed E-state index contributed by atoms with van der Waals surface area (Å²) in [5.41, 5.74) is 7.43. The van der Waals surface area contributed by atoms with Crippen molar-refractivity contribution in [2.45, 2.75) is 65.6 Å². The minimum absolute atomic E-state index is 0. The topological polar surface area (TPSA) is 174 Å². The Morgan fingerprint density at radius 3 is 2.47 bits per heavy atom. The van der Waals surface area contributed by atoms with Gasteiger partial charge in [0.2, 0.25) is 11.8 Å². The van der Waals surface area contributed by atoms with Gasteiger partial charge in [0.25, 0.3) is 11.8 Å². The highest BCUT2D eigenvalue weighted by Crippen LogP contribution is 2.37. The van der Waals surface area contributed by atoms with Gasteiger partial charge in [0.05, 0.1) is 38.9 Å².